The topological polar surface area (TPSA) is 97.5 Å². The lowest BCUT2D eigenvalue weighted by molar-refractivity contribution is -0.138. The molecule has 24 heavy (non-hydrogen) atoms. The normalized spacial score (nSPS) is 33.8. The monoisotopic (exact) mass is 330 g/mol. The van der Waals surface area contributed by atoms with Crippen LogP contribution >= 0.6 is 0 Å². The van der Waals surface area contributed by atoms with Crippen LogP contribution in [0.2, 0.25) is 0 Å². The molecular formula is C17H22N4O3. The van der Waals surface area contributed by atoms with E-state index in [1.807, 2.05) is 18.2 Å². The number of ether oxygens (including phenoxy) is 1. The number of pyridine rings is 1. The number of likely N-dealkylation sites (tertiary alicyclic amines) is 1. The lowest BCUT2D eigenvalue weighted by Gasteiger charge is -2.26. The number of nitrogens with zero attached hydrogens (tertiary/aromatic N) is 2. The third-order valence-corrected chi connectivity index (χ3v) is 5.47. The van der Waals surface area contributed by atoms with Crippen molar-refractivity contribution in [3.05, 3.63) is 30.1 Å². The molecule has 0 aromatic carbocycles. The van der Waals surface area contributed by atoms with Gasteiger partial charge in [0, 0.05) is 19.3 Å². The molecule has 0 aliphatic carbocycles. The lowest BCUT2D eigenvalue weighted by Crippen LogP contribution is -2.45. The highest BCUT2D eigenvalue weighted by atomic mass is 16.5. The zero-order valence-corrected chi connectivity index (χ0v) is 13.5. The van der Waals surface area contributed by atoms with E-state index < -0.39 is 11.5 Å². The fourth-order valence-electron chi connectivity index (χ4n) is 4.48. The number of amides is 2. The van der Waals surface area contributed by atoms with Gasteiger partial charge in [-0.3, -0.25) is 14.6 Å². The van der Waals surface area contributed by atoms with Gasteiger partial charge in [0.2, 0.25) is 11.8 Å². The minimum absolute atomic E-state index is 0.0145. The molecule has 3 saturated heterocycles. The molecule has 7 heteroatoms. The molecule has 0 unspecified atom stereocenters. The first-order valence-electron chi connectivity index (χ1n) is 8.49. The highest BCUT2D eigenvalue weighted by molar-refractivity contribution is 5.92. The predicted molar refractivity (Wildman–Crippen MR) is 85.5 cm³/mol. The van der Waals surface area contributed by atoms with Gasteiger partial charge >= 0.3 is 0 Å². The van der Waals surface area contributed by atoms with Crippen molar-refractivity contribution in [1.29, 1.82) is 0 Å². The number of hydrogen-bond donors (Lipinski definition) is 2. The van der Waals surface area contributed by atoms with Crippen molar-refractivity contribution in [2.24, 2.45) is 17.6 Å². The van der Waals surface area contributed by atoms with Crippen molar-refractivity contribution in [2.75, 3.05) is 19.6 Å². The maximum atomic E-state index is 12.7. The minimum Gasteiger partial charge on any atom is -0.368 e. The molecule has 3 fully saturated rings. The van der Waals surface area contributed by atoms with Crippen LogP contribution in [-0.2, 0) is 20.9 Å². The summed E-state index contributed by atoms with van der Waals surface area (Å²) in [5.74, 6) is -0.870. The number of nitrogens with one attached hydrogen (secondary N) is 1. The van der Waals surface area contributed by atoms with Crippen LogP contribution in [0.4, 0.5) is 0 Å². The molecular weight excluding hydrogens is 308 g/mol. The third-order valence-electron chi connectivity index (χ3n) is 5.47. The van der Waals surface area contributed by atoms with Crippen LogP contribution in [0.5, 0.6) is 0 Å². The maximum absolute atomic E-state index is 12.7. The van der Waals surface area contributed by atoms with Crippen molar-refractivity contribution >= 4 is 11.8 Å². The summed E-state index contributed by atoms with van der Waals surface area (Å²) in [6.45, 7) is 1.87. The Morgan fingerprint density at radius 1 is 1.50 bits per heavy atom. The van der Waals surface area contributed by atoms with Gasteiger partial charge in [-0.15, -0.1) is 0 Å². The van der Waals surface area contributed by atoms with Gasteiger partial charge in [0.1, 0.15) is 0 Å². The molecule has 4 heterocycles. The Balaban J connectivity index is 1.49. The number of fused-ring (bicyclic) bond motifs is 1. The predicted octanol–water partition coefficient (Wildman–Crippen LogP) is -0.337. The Morgan fingerprint density at radius 3 is 3.12 bits per heavy atom. The van der Waals surface area contributed by atoms with Gasteiger partial charge in [-0.05, 0) is 25.0 Å². The van der Waals surface area contributed by atoms with E-state index in [-0.39, 0.29) is 23.8 Å². The second-order valence-corrected chi connectivity index (χ2v) is 6.85. The molecule has 0 radical (unpaired) electrons. The van der Waals surface area contributed by atoms with Gasteiger partial charge in [0.05, 0.1) is 42.3 Å². The van der Waals surface area contributed by atoms with Crippen LogP contribution in [0.25, 0.3) is 0 Å². The number of carbonyl (C=O) groups excluding carboxylic acids is 2. The maximum Gasteiger partial charge on any atom is 0.229 e. The summed E-state index contributed by atoms with van der Waals surface area (Å²) in [5, 5.41) is 2.93. The molecule has 1 aromatic heterocycles. The van der Waals surface area contributed by atoms with Crippen LogP contribution in [0.15, 0.2) is 24.4 Å². The summed E-state index contributed by atoms with van der Waals surface area (Å²) < 4.78 is 6.14. The molecule has 7 nitrogen and oxygen atoms in total. The number of nitrogens with two attached hydrogens (primary N) is 1. The average Bonchev–Trinajstić information content (AvgIpc) is 3.23. The van der Waals surface area contributed by atoms with Gasteiger partial charge < -0.3 is 20.7 Å². The van der Waals surface area contributed by atoms with Crippen LogP contribution in [0.1, 0.15) is 18.5 Å². The molecule has 128 valence electrons. The first kappa shape index (κ1) is 15.5. The Kier molecular flexibility index (Phi) is 3.77. The number of rotatable bonds is 5. The fourth-order valence-corrected chi connectivity index (χ4v) is 4.48. The summed E-state index contributed by atoms with van der Waals surface area (Å²) in [7, 11) is 0. The van der Waals surface area contributed by atoms with E-state index in [1.165, 1.54) is 0 Å². The zero-order chi connectivity index (χ0) is 16.7. The van der Waals surface area contributed by atoms with E-state index in [4.69, 9.17) is 10.5 Å². The summed E-state index contributed by atoms with van der Waals surface area (Å²) in [4.78, 5) is 31.5. The van der Waals surface area contributed by atoms with Crippen LogP contribution in [-0.4, -0.2) is 53.0 Å². The molecule has 2 amide bonds. The number of aromatic nitrogens is 1. The largest absolute Gasteiger partial charge is 0.368 e. The summed E-state index contributed by atoms with van der Waals surface area (Å²) >= 11 is 0. The third kappa shape index (κ3) is 2.31. The van der Waals surface area contributed by atoms with E-state index >= 15 is 0 Å². The fraction of sp³-hybridized carbons (Fsp3) is 0.588. The zero-order valence-electron chi connectivity index (χ0n) is 13.5. The standard InChI is InChI=1S/C17H22N4O3/c18-6-8-21-10-17-5-4-12(24-17)13(14(17)16(21)23)15(22)20-9-11-3-1-2-7-19-11/h1-3,7,12-14H,4-6,8-10,18H2,(H,20,22)/t12-,13-,14+,17-/m0/s1. The van der Waals surface area contributed by atoms with Crippen LogP contribution in [0.3, 0.4) is 0 Å². The Hall–Kier alpha value is -1.99. The van der Waals surface area contributed by atoms with Crippen LogP contribution < -0.4 is 11.1 Å². The van der Waals surface area contributed by atoms with E-state index in [2.05, 4.69) is 10.3 Å². The average molecular weight is 330 g/mol. The van der Waals surface area contributed by atoms with Crippen molar-refractivity contribution in [2.45, 2.75) is 31.1 Å². The quantitative estimate of drug-likeness (QED) is 0.770. The van der Waals surface area contributed by atoms with Gasteiger partial charge in [-0.2, -0.15) is 0 Å². The lowest BCUT2D eigenvalue weighted by atomic mass is 9.73. The van der Waals surface area contributed by atoms with Gasteiger partial charge in [-0.1, -0.05) is 6.07 Å². The first-order valence-corrected chi connectivity index (χ1v) is 8.49. The molecule has 2 bridgehead atoms. The molecule has 3 aliphatic rings. The van der Waals surface area contributed by atoms with E-state index in [1.54, 1.807) is 11.1 Å². The van der Waals surface area contributed by atoms with Gasteiger partial charge in [0.25, 0.3) is 0 Å². The molecule has 1 aromatic rings. The van der Waals surface area contributed by atoms with Crippen molar-refractivity contribution in [3.63, 3.8) is 0 Å². The minimum atomic E-state index is -0.482. The smallest absolute Gasteiger partial charge is 0.229 e. The van der Waals surface area contributed by atoms with Crippen molar-refractivity contribution in [3.8, 4) is 0 Å². The van der Waals surface area contributed by atoms with E-state index in [9.17, 15) is 9.59 Å². The molecule has 3 N–H and O–H groups in total. The highest BCUT2D eigenvalue weighted by Crippen LogP contribution is 2.55. The van der Waals surface area contributed by atoms with E-state index in [0.29, 0.717) is 26.2 Å². The Labute approximate surface area is 140 Å². The van der Waals surface area contributed by atoms with E-state index in [0.717, 1.165) is 18.5 Å². The number of hydrogen-bond acceptors (Lipinski definition) is 5. The highest BCUT2D eigenvalue weighted by Gasteiger charge is 2.68. The van der Waals surface area contributed by atoms with Crippen molar-refractivity contribution in [1.82, 2.24) is 15.2 Å². The first-order chi connectivity index (χ1) is 11.6. The second kappa shape index (κ2) is 5.82. The number of carbonyl (C=O) groups is 2. The van der Waals surface area contributed by atoms with Crippen molar-refractivity contribution < 1.29 is 14.3 Å². The van der Waals surface area contributed by atoms with Crippen LogP contribution in [0, 0.1) is 11.8 Å². The Morgan fingerprint density at radius 2 is 2.38 bits per heavy atom. The molecule has 3 aliphatic heterocycles. The molecule has 1 spiro atoms. The van der Waals surface area contributed by atoms with Gasteiger partial charge in [-0.25, -0.2) is 0 Å². The summed E-state index contributed by atoms with van der Waals surface area (Å²) in [5.41, 5.74) is 5.92. The summed E-state index contributed by atoms with van der Waals surface area (Å²) in [6.07, 6.45) is 3.23. The van der Waals surface area contributed by atoms with Gasteiger partial charge in [0.15, 0.2) is 0 Å². The molecule has 0 saturated carbocycles. The Bertz CT molecular complexity index is 652. The SMILES string of the molecule is NCCN1C[C@]23CC[C@H](O2)[C@H](C(=O)NCc2ccccn2)[C@@H]3C1=O. The second-order valence-electron chi connectivity index (χ2n) is 6.85. The summed E-state index contributed by atoms with van der Waals surface area (Å²) in [6, 6.07) is 5.58. The molecule has 4 rings (SSSR count). The molecule has 4 atom stereocenters.